The fourth-order valence-corrected chi connectivity index (χ4v) is 7.41. The van der Waals surface area contributed by atoms with E-state index in [1.165, 1.54) is 244 Å². The fourth-order valence-electron chi connectivity index (χ4n) is 7.41. The van der Waals surface area contributed by atoms with Crippen LogP contribution in [0.2, 0.25) is 0 Å². The molecule has 0 N–H and O–H groups in total. The Morgan fingerprint density at radius 2 is 0.510 bits per heavy atom. The predicted octanol–water partition coefficient (Wildman–Crippen LogP) is 11.3. The predicted molar refractivity (Wildman–Crippen MR) is 213 cm³/mol. The molecule has 0 aromatic rings. The van der Waals surface area contributed by atoms with Crippen molar-refractivity contribution in [2.75, 3.05) is 19.6 Å². The van der Waals surface area contributed by atoms with Gasteiger partial charge in [0, 0.05) is 5.97 Å². The van der Waals surface area contributed by atoms with E-state index in [0.717, 1.165) is 19.4 Å². The molecular weight excluding hydrogens is 626 g/mol. The first-order chi connectivity index (χ1) is 23.7. The second-order valence-corrected chi connectivity index (χ2v) is 15.7. The topological polar surface area (TPSA) is 43.4 Å². The van der Waals surface area contributed by atoms with Gasteiger partial charge in [-0.2, -0.15) is 0 Å². The molecular formula is C45H90KNO2. The molecule has 0 heterocycles. The van der Waals surface area contributed by atoms with Crippen molar-refractivity contribution in [1.29, 1.82) is 0 Å². The summed E-state index contributed by atoms with van der Waals surface area (Å²) in [6.45, 7) is 8.05. The van der Waals surface area contributed by atoms with Gasteiger partial charge in [-0.3, -0.25) is 0 Å². The number of carbonyl (C=O) groups excluding carboxylic acids is 1. The molecule has 0 rings (SSSR count). The molecule has 0 fully saturated rings. The van der Waals surface area contributed by atoms with Crippen LogP contribution >= 0.6 is 0 Å². The Morgan fingerprint density at radius 1 is 0.327 bits per heavy atom. The van der Waals surface area contributed by atoms with E-state index in [2.05, 4.69) is 18.7 Å². The van der Waals surface area contributed by atoms with Crippen molar-refractivity contribution in [3.8, 4) is 0 Å². The van der Waals surface area contributed by atoms with Crippen LogP contribution in [0.5, 0.6) is 0 Å². The van der Waals surface area contributed by atoms with Gasteiger partial charge in [0.05, 0.1) is 0 Å². The van der Waals surface area contributed by atoms with Crippen molar-refractivity contribution in [3.05, 3.63) is 0 Å². The first-order valence-corrected chi connectivity index (χ1v) is 22.6. The Morgan fingerprint density at radius 3 is 0.714 bits per heavy atom. The monoisotopic (exact) mass is 716 g/mol. The number of rotatable bonds is 43. The molecule has 0 aliphatic carbocycles. The molecule has 0 aromatic carbocycles. The molecule has 0 aromatic heterocycles. The Kier molecular flexibility index (Phi) is 50.1. The SMILES string of the molecule is CCCCCCCCCCCCCCCCCCCCN(CCCCCCCCCCCCCCCCCCCC)CCCCC(=O)[O-].[K+]. The quantitative estimate of drug-likeness (QED) is 0.0466. The third-order valence-electron chi connectivity index (χ3n) is 10.8. The molecule has 0 bridgehead atoms. The number of aliphatic carboxylic acids is 1. The molecule has 4 heteroatoms. The molecule has 3 nitrogen and oxygen atoms in total. The third-order valence-corrected chi connectivity index (χ3v) is 10.8. The van der Waals surface area contributed by atoms with Crippen molar-refractivity contribution in [2.45, 2.75) is 264 Å². The number of hydrogen-bond acceptors (Lipinski definition) is 3. The zero-order chi connectivity index (χ0) is 34.9. The van der Waals surface area contributed by atoms with Gasteiger partial charge in [0.15, 0.2) is 0 Å². The van der Waals surface area contributed by atoms with Crippen LogP contribution in [0.3, 0.4) is 0 Å². The average molecular weight is 716 g/mol. The summed E-state index contributed by atoms with van der Waals surface area (Å²) in [6.07, 6.45) is 53.2. The number of carboxylic acids is 1. The van der Waals surface area contributed by atoms with Crippen LogP contribution in [-0.4, -0.2) is 30.5 Å². The number of carbonyl (C=O) groups is 1. The van der Waals surface area contributed by atoms with Crippen LogP contribution < -0.4 is 56.5 Å². The Hall–Kier alpha value is 1.07. The molecule has 49 heavy (non-hydrogen) atoms. The first-order valence-electron chi connectivity index (χ1n) is 22.6. The fraction of sp³-hybridized carbons (Fsp3) is 0.978. The van der Waals surface area contributed by atoms with E-state index < -0.39 is 5.97 Å². The minimum absolute atomic E-state index is 0. The van der Waals surface area contributed by atoms with E-state index >= 15 is 0 Å². The minimum atomic E-state index is -0.895. The summed E-state index contributed by atoms with van der Waals surface area (Å²) >= 11 is 0. The van der Waals surface area contributed by atoms with E-state index in [1.54, 1.807) is 0 Å². The van der Waals surface area contributed by atoms with Crippen LogP contribution in [0.4, 0.5) is 0 Å². The van der Waals surface area contributed by atoms with Crippen LogP contribution in [0.1, 0.15) is 264 Å². The summed E-state index contributed by atoms with van der Waals surface area (Å²) in [4.78, 5) is 13.5. The van der Waals surface area contributed by atoms with Crippen LogP contribution in [0.25, 0.3) is 0 Å². The maximum atomic E-state index is 10.8. The van der Waals surface area contributed by atoms with Gasteiger partial charge in [0.2, 0.25) is 0 Å². The maximum Gasteiger partial charge on any atom is 1.00 e. The van der Waals surface area contributed by atoms with Gasteiger partial charge in [-0.25, -0.2) is 0 Å². The van der Waals surface area contributed by atoms with E-state index in [1.807, 2.05) is 0 Å². The summed E-state index contributed by atoms with van der Waals surface area (Å²) < 4.78 is 0. The normalized spacial score (nSPS) is 11.4. The standard InChI is InChI=1S/C45H91NO2.K/c1-3-5-7-9-11-13-15-17-19-21-23-25-27-29-31-33-35-38-42-46(44-40-37-41-45(47)48)43-39-36-34-32-30-28-26-24-22-20-18-16-14-12-10-8-6-4-2;/h3-44H2,1-2H3,(H,47,48);/q;+1/p-1. The van der Waals surface area contributed by atoms with Gasteiger partial charge < -0.3 is 14.8 Å². The molecule has 0 aliphatic rings. The largest absolute Gasteiger partial charge is 1.00 e. The Balaban J connectivity index is 0. The second kappa shape index (κ2) is 47.1. The third kappa shape index (κ3) is 47.0. The first kappa shape index (κ1) is 52.2. The molecule has 0 saturated carbocycles. The van der Waals surface area contributed by atoms with Crippen LogP contribution in [-0.2, 0) is 4.79 Å². The molecule has 0 saturated heterocycles. The smallest absolute Gasteiger partial charge is 0.550 e. The number of carboxylic acid groups (broad SMARTS) is 1. The molecule has 0 radical (unpaired) electrons. The zero-order valence-corrected chi connectivity index (χ0v) is 37.6. The summed E-state index contributed by atoms with van der Waals surface area (Å²) in [5.41, 5.74) is 0. The van der Waals surface area contributed by atoms with Gasteiger partial charge in [-0.05, 0) is 51.7 Å². The van der Waals surface area contributed by atoms with Gasteiger partial charge in [-0.1, -0.05) is 232 Å². The van der Waals surface area contributed by atoms with Crippen LogP contribution in [0, 0.1) is 0 Å². The van der Waals surface area contributed by atoms with E-state index in [4.69, 9.17) is 0 Å². The van der Waals surface area contributed by atoms with Crippen molar-refractivity contribution < 1.29 is 61.3 Å². The summed E-state index contributed by atoms with van der Waals surface area (Å²) in [5.74, 6) is -0.895. The maximum absolute atomic E-state index is 10.8. The summed E-state index contributed by atoms with van der Waals surface area (Å²) in [5, 5.41) is 10.8. The average Bonchev–Trinajstić information content (AvgIpc) is 3.08. The molecule has 0 aliphatic heterocycles. The molecule has 0 amide bonds. The van der Waals surface area contributed by atoms with Gasteiger partial charge in [-0.15, -0.1) is 0 Å². The summed E-state index contributed by atoms with van der Waals surface area (Å²) in [7, 11) is 0. The van der Waals surface area contributed by atoms with Crippen molar-refractivity contribution in [3.63, 3.8) is 0 Å². The van der Waals surface area contributed by atoms with Crippen molar-refractivity contribution >= 4 is 5.97 Å². The number of hydrogen-bond donors (Lipinski definition) is 0. The summed E-state index contributed by atoms with van der Waals surface area (Å²) in [6, 6.07) is 0. The Bertz CT molecular complexity index is 561. The molecule has 0 unspecified atom stereocenters. The van der Waals surface area contributed by atoms with Crippen molar-refractivity contribution in [1.82, 2.24) is 4.90 Å². The second-order valence-electron chi connectivity index (χ2n) is 15.7. The minimum Gasteiger partial charge on any atom is -0.550 e. The zero-order valence-electron chi connectivity index (χ0n) is 34.5. The number of unbranched alkanes of at least 4 members (excludes halogenated alkanes) is 35. The Labute approximate surface area is 352 Å². The number of nitrogens with zero attached hydrogens (tertiary/aromatic N) is 1. The van der Waals surface area contributed by atoms with Crippen LogP contribution in [0.15, 0.2) is 0 Å². The van der Waals surface area contributed by atoms with Gasteiger partial charge in [0.25, 0.3) is 0 Å². The van der Waals surface area contributed by atoms with E-state index in [0.29, 0.717) is 0 Å². The molecule has 0 spiro atoms. The van der Waals surface area contributed by atoms with Crippen molar-refractivity contribution in [2.24, 2.45) is 0 Å². The van der Waals surface area contributed by atoms with E-state index in [9.17, 15) is 9.90 Å². The molecule has 0 atom stereocenters. The van der Waals surface area contributed by atoms with Gasteiger partial charge >= 0.3 is 51.4 Å². The van der Waals surface area contributed by atoms with Gasteiger partial charge in [0.1, 0.15) is 0 Å². The van der Waals surface area contributed by atoms with E-state index in [-0.39, 0.29) is 57.8 Å². The molecule has 288 valence electrons.